The number of amides is 1. The van der Waals surface area contributed by atoms with E-state index in [-0.39, 0.29) is 0 Å². The van der Waals surface area contributed by atoms with Crippen LogP contribution in [0.1, 0.15) is 37.7 Å². The Morgan fingerprint density at radius 2 is 1.79 bits per heavy atom. The summed E-state index contributed by atoms with van der Waals surface area (Å²) >= 11 is 0. The first-order valence-electron chi connectivity index (χ1n) is 11.1. The van der Waals surface area contributed by atoms with Gasteiger partial charge in [0.2, 0.25) is 0 Å². The number of anilines is 1. The summed E-state index contributed by atoms with van der Waals surface area (Å²) in [5.41, 5.74) is 1.45. The van der Waals surface area contributed by atoms with E-state index >= 15 is 0 Å². The fourth-order valence-electron chi connectivity index (χ4n) is 4.42. The van der Waals surface area contributed by atoms with Crippen LogP contribution in [-0.2, 0) is 11.0 Å². The van der Waals surface area contributed by atoms with Gasteiger partial charge >= 0.3 is 6.18 Å². The van der Waals surface area contributed by atoms with Crippen LogP contribution in [0.3, 0.4) is 0 Å². The van der Waals surface area contributed by atoms with Crippen molar-refractivity contribution in [2.24, 2.45) is 0 Å². The van der Waals surface area contributed by atoms with Crippen LogP contribution in [0.4, 0.5) is 18.9 Å². The van der Waals surface area contributed by atoms with E-state index in [2.05, 4.69) is 15.4 Å². The maximum Gasteiger partial charge on any atom is 0.416 e. The van der Waals surface area contributed by atoms with Crippen LogP contribution in [0.5, 0.6) is 0 Å². The minimum Gasteiger partial charge on any atom is -0.380 e. The summed E-state index contributed by atoms with van der Waals surface area (Å²) in [5.74, 6) is -0.395. The molecule has 34 heavy (non-hydrogen) atoms. The zero-order valence-corrected chi connectivity index (χ0v) is 18.2. The van der Waals surface area contributed by atoms with Gasteiger partial charge in [-0.3, -0.25) is 4.79 Å². The zero-order valence-electron chi connectivity index (χ0n) is 18.2. The number of carbonyl (C=O) groups excluding carboxylic acids is 1. The number of benzene rings is 2. The smallest absolute Gasteiger partial charge is 0.380 e. The Morgan fingerprint density at radius 1 is 1.06 bits per heavy atom. The first kappa shape index (κ1) is 22.2. The number of nitrogens with one attached hydrogen (secondary N) is 2. The van der Waals surface area contributed by atoms with Crippen molar-refractivity contribution in [1.82, 2.24) is 14.8 Å². The van der Waals surface area contributed by atoms with Crippen LogP contribution in [0, 0.1) is 0 Å². The summed E-state index contributed by atoms with van der Waals surface area (Å²) in [6.45, 7) is 0. The van der Waals surface area contributed by atoms with Crippen molar-refractivity contribution in [3.05, 3.63) is 66.6 Å². The van der Waals surface area contributed by atoms with Crippen molar-refractivity contribution >= 4 is 22.5 Å². The Labute approximate surface area is 193 Å². The summed E-state index contributed by atoms with van der Waals surface area (Å²) in [6, 6.07) is 10.5. The molecule has 0 bridgehead atoms. The number of hydrogen-bond donors (Lipinski definition) is 3. The molecule has 1 saturated carbocycles. The van der Waals surface area contributed by atoms with Crippen molar-refractivity contribution < 1.29 is 23.1 Å². The molecule has 5 rings (SSSR count). The number of nitrogens with zero attached hydrogens (tertiary/aromatic N) is 2. The number of aliphatic hydroxyl groups is 1. The number of hydrogen-bond acceptors (Lipinski definition) is 3. The molecule has 2 heterocycles. The molecule has 9 heteroatoms. The maximum absolute atomic E-state index is 12.8. The molecule has 3 N–H and O–H groups in total. The van der Waals surface area contributed by atoms with Gasteiger partial charge in [0.05, 0.1) is 23.1 Å². The van der Waals surface area contributed by atoms with Crippen molar-refractivity contribution in [3.63, 3.8) is 0 Å². The van der Waals surface area contributed by atoms with Crippen LogP contribution in [0.25, 0.3) is 27.7 Å². The van der Waals surface area contributed by atoms with E-state index in [0.717, 1.165) is 53.4 Å². The first-order chi connectivity index (χ1) is 16.2. The molecule has 0 saturated heterocycles. The third kappa shape index (κ3) is 4.19. The normalized spacial score (nSPS) is 16.0. The van der Waals surface area contributed by atoms with E-state index in [4.69, 9.17) is 0 Å². The Kier molecular flexibility index (Phi) is 5.44. The fraction of sp³-hybridized carbons (Fsp3) is 0.280. The molecule has 0 spiro atoms. The molecule has 4 aromatic rings. The zero-order chi connectivity index (χ0) is 23.9. The van der Waals surface area contributed by atoms with Gasteiger partial charge in [-0.15, -0.1) is 0 Å². The minimum absolute atomic E-state index is 0.395. The lowest BCUT2D eigenvalue weighted by Gasteiger charge is -2.30. The molecule has 2 aromatic heterocycles. The second-order valence-electron chi connectivity index (χ2n) is 8.73. The predicted octanol–water partition coefficient (Wildman–Crippen LogP) is 5.67. The number of alkyl halides is 3. The van der Waals surface area contributed by atoms with Crippen molar-refractivity contribution in [2.45, 2.75) is 43.9 Å². The van der Waals surface area contributed by atoms with Gasteiger partial charge in [0.1, 0.15) is 5.60 Å². The highest BCUT2D eigenvalue weighted by Crippen LogP contribution is 2.33. The van der Waals surface area contributed by atoms with Gasteiger partial charge < -0.3 is 15.4 Å². The fourth-order valence-corrected chi connectivity index (χ4v) is 4.42. The molecule has 1 aliphatic carbocycles. The van der Waals surface area contributed by atoms with Crippen molar-refractivity contribution in [3.8, 4) is 16.8 Å². The van der Waals surface area contributed by atoms with Crippen LogP contribution >= 0.6 is 0 Å². The average molecular weight is 468 g/mol. The Hall–Kier alpha value is -3.59. The minimum atomic E-state index is -4.39. The standard InChI is InChI=1S/C25H23F3N4O2/c26-25(27,28)18-5-7-19(8-6-18)32-15-17(13-30-32)16-4-9-21-20(12-16)22(14-29-21)31-23(33)24(34)10-2-1-3-11-24/h4-9,12-15,29,34H,1-3,10-11H2,(H,31,33). The third-order valence-corrected chi connectivity index (χ3v) is 6.41. The molecule has 176 valence electrons. The number of carbonyl (C=O) groups is 1. The molecule has 1 amide bonds. The van der Waals surface area contributed by atoms with Crippen LogP contribution < -0.4 is 5.32 Å². The van der Waals surface area contributed by atoms with Gasteiger partial charge in [0.15, 0.2) is 0 Å². The third-order valence-electron chi connectivity index (χ3n) is 6.41. The lowest BCUT2D eigenvalue weighted by molar-refractivity contribution is -0.138. The average Bonchev–Trinajstić information content (AvgIpc) is 3.47. The Bertz CT molecular complexity index is 1330. The number of rotatable bonds is 4. The largest absolute Gasteiger partial charge is 0.416 e. The summed E-state index contributed by atoms with van der Waals surface area (Å²) < 4.78 is 40.0. The number of halogens is 3. The molecule has 0 aliphatic heterocycles. The van der Waals surface area contributed by atoms with E-state index in [9.17, 15) is 23.1 Å². The summed E-state index contributed by atoms with van der Waals surface area (Å²) in [6.07, 6.45) is 4.25. The quantitative estimate of drug-likeness (QED) is 0.361. The number of aromatic amines is 1. The van der Waals surface area contributed by atoms with E-state index in [0.29, 0.717) is 24.2 Å². The molecule has 0 unspecified atom stereocenters. The number of H-pyrrole nitrogens is 1. The lowest BCUT2D eigenvalue weighted by atomic mass is 9.84. The highest BCUT2D eigenvalue weighted by atomic mass is 19.4. The maximum atomic E-state index is 12.8. The summed E-state index contributed by atoms with van der Waals surface area (Å²) in [4.78, 5) is 15.9. The van der Waals surface area contributed by atoms with Crippen LogP contribution in [0.2, 0.25) is 0 Å². The van der Waals surface area contributed by atoms with Crippen LogP contribution in [-0.4, -0.2) is 31.4 Å². The number of aromatic nitrogens is 3. The Morgan fingerprint density at radius 3 is 2.50 bits per heavy atom. The monoisotopic (exact) mass is 468 g/mol. The molecule has 1 fully saturated rings. The van der Waals surface area contributed by atoms with Gasteiger partial charge in [-0.05, 0) is 54.8 Å². The molecule has 2 aromatic carbocycles. The second kappa shape index (κ2) is 8.32. The van der Waals surface area contributed by atoms with Gasteiger partial charge in [0, 0.05) is 28.9 Å². The summed E-state index contributed by atoms with van der Waals surface area (Å²) in [7, 11) is 0. The molecule has 6 nitrogen and oxygen atoms in total. The van der Waals surface area contributed by atoms with E-state index in [1.165, 1.54) is 16.8 Å². The predicted molar refractivity (Wildman–Crippen MR) is 123 cm³/mol. The first-order valence-corrected chi connectivity index (χ1v) is 11.1. The van der Waals surface area contributed by atoms with E-state index in [1.807, 2.05) is 18.2 Å². The topological polar surface area (TPSA) is 82.9 Å². The van der Waals surface area contributed by atoms with Crippen molar-refractivity contribution in [1.29, 1.82) is 0 Å². The van der Waals surface area contributed by atoms with Gasteiger partial charge in [-0.2, -0.15) is 18.3 Å². The van der Waals surface area contributed by atoms with Gasteiger partial charge in [-0.1, -0.05) is 25.3 Å². The van der Waals surface area contributed by atoms with Gasteiger partial charge in [-0.25, -0.2) is 4.68 Å². The molecule has 0 radical (unpaired) electrons. The van der Waals surface area contributed by atoms with E-state index in [1.54, 1.807) is 18.6 Å². The molecule has 0 atom stereocenters. The SMILES string of the molecule is O=C(Nc1c[nH]c2ccc(-c3cnn(-c4ccc(C(F)(F)F)cc4)c3)cc12)C1(O)CCCCC1. The number of fused-ring (bicyclic) bond motifs is 1. The summed E-state index contributed by atoms with van der Waals surface area (Å²) in [5, 5.41) is 18.7. The highest BCUT2D eigenvalue weighted by Gasteiger charge is 2.37. The Balaban J connectivity index is 1.40. The van der Waals surface area contributed by atoms with Crippen LogP contribution in [0.15, 0.2) is 61.1 Å². The highest BCUT2D eigenvalue weighted by molar-refractivity contribution is 6.05. The van der Waals surface area contributed by atoms with Crippen molar-refractivity contribution in [2.75, 3.05) is 5.32 Å². The van der Waals surface area contributed by atoms with E-state index < -0.39 is 23.2 Å². The van der Waals surface area contributed by atoms with Gasteiger partial charge in [0.25, 0.3) is 5.91 Å². The molecular formula is C25H23F3N4O2. The lowest BCUT2D eigenvalue weighted by Crippen LogP contribution is -2.44. The molecule has 1 aliphatic rings. The molecular weight excluding hydrogens is 445 g/mol. The second-order valence-corrected chi connectivity index (χ2v) is 8.73.